The number of nitrogen functional groups attached to an aromatic ring is 1. The number of sulfonamides is 1. The fourth-order valence-corrected chi connectivity index (χ4v) is 6.48. The Morgan fingerprint density at radius 3 is 1.78 bits per heavy atom. The van der Waals surface area contributed by atoms with Crippen LogP contribution < -0.4 is 42.8 Å². The number of carboxylic acids is 2. The molecule has 0 saturated carbocycles. The van der Waals surface area contributed by atoms with Crippen LogP contribution in [0.2, 0.25) is 0 Å². The fraction of sp³-hybridized carbons (Fsp3) is 0.615. The van der Waals surface area contributed by atoms with E-state index in [0.29, 0.717) is 30.6 Å². The summed E-state index contributed by atoms with van der Waals surface area (Å²) in [5, 5.41) is 31.2. The molecule has 23 nitrogen and oxygen atoms in total. The molecule has 0 aliphatic carbocycles. The van der Waals surface area contributed by atoms with Crippen LogP contribution in [0.25, 0.3) is 0 Å². The van der Waals surface area contributed by atoms with Gasteiger partial charge < -0.3 is 57.7 Å². The highest BCUT2D eigenvalue weighted by Gasteiger charge is 2.26. The van der Waals surface area contributed by atoms with E-state index in [1.165, 1.54) is 0 Å². The van der Waals surface area contributed by atoms with Crippen LogP contribution in [-0.2, 0) is 57.9 Å². The molecule has 1 rings (SSSR count). The Balaban J connectivity index is 2.27. The molecule has 24 heteroatoms. The van der Waals surface area contributed by atoms with Crippen LogP contribution >= 0.6 is 0 Å². The number of ether oxygens (including phenoxy) is 2. The monoisotopic (exact) mass is 914 g/mol. The molecular formula is C39H62N8O15S. The summed E-state index contributed by atoms with van der Waals surface area (Å²) in [5.41, 5.74) is 11.6. The van der Waals surface area contributed by atoms with E-state index >= 15 is 0 Å². The molecule has 0 aromatic heterocycles. The third-order valence-corrected chi connectivity index (χ3v) is 9.96. The minimum Gasteiger partial charge on any atom is -0.480 e. The first-order valence-corrected chi connectivity index (χ1v) is 21.9. The number of benzene rings is 1. The number of nitrogens with one attached hydrogen (secondary N) is 6. The van der Waals surface area contributed by atoms with Gasteiger partial charge in [0.2, 0.25) is 45.5 Å². The van der Waals surface area contributed by atoms with Crippen LogP contribution in [-0.4, -0.2) is 135 Å². The van der Waals surface area contributed by atoms with Gasteiger partial charge >= 0.3 is 11.9 Å². The van der Waals surface area contributed by atoms with Gasteiger partial charge in [0.1, 0.15) is 24.7 Å². The molecule has 3 atom stereocenters. The van der Waals surface area contributed by atoms with Crippen molar-refractivity contribution in [1.29, 1.82) is 0 Å². The van der Waals surface area contributed by atoms with Crippen LogP contribution in [0.1, 0.15) is 95.3 Å². The highest BCUT2D eigenvalue weighted by molar-refractivity contribution is 7.90. The van der Waals surface area contributed by atoms with Crippen molar-refractivity contribution >= 4 is 69.0 Å². The SMILES string of the molecule is CC(C)(C)CC(=O)NS(=O)(=O)CCCC(=O)NC(CCC(=O)NC(CCC(=O)NCCOCCOCC(=O)NC(CCCCNC(=O)c1ccc(N)cc1)C(N)=O)C(=O)O)C(=O)O. The number of primary amides is 1. The summed E-state index contributed by atoms with van der Waals surface area (Å²) < 4.78 is 36.8. The largest absolute Gasteiger partial charge is 0.480 e. The highest BCUT2D eigenvalue weighted by Crippen LogP contribution is 2.18. The predicted octanol–water partition coefficient (Wildman–Crippen LogP) is -1.35. The normalized spacial score (nSPS) is 12.7. The van der Waals surface area contributed by atoms with E-state index in [1.807, 2.05) is 4.72 Å². The third-order valence-electron chi connectivity index (χ3n) is 8.59. The maximum Gasteiger partial charge on any atom is 0.326 e. The number of carbonyl (C=O) groups is 9. The molecular weight excluding hydrogens is 853 g/mol. The number of carboxylic acid groups (broad SMARTS) is 2. The Morgan fingerprint density at radius 1 is 0.651 bits per heavy atom. The molecule has 12 N–H and O–H groups in total. The Labute approximate surface area is 365 Å². The van der Waals surface area contributed by atoms with E-state index in [4.69, 9.17) is 20.9 Å². The average Bonchev–Trinajstić information content (AvgIpc) is 3.17. The van der Waals surface area contributed by atoms with Gasteiger partial charge in [-0.1, -0.05) is 20.8 Å². The lowest BCUT2D eigenvalue weighted by molar-refractivity contribution is -0.143. The molecule has 0 heterocycles. The van der Waals surface area contributed by atoms with Crippen molar-refractivity contribution in [3.8, 4) is 0 Å². The van der Waals surface area contributed by atoms with Crippen LogP contribution in [0.3, 0.4) is 0 Å². The van der Waals surface area contributed by atoms with Gasteiger partial charge in [0.05, 0.1) is 25.6 Å². The maximum atomic E-state index is 12.5. The summed E-state index contributed by atoms with van der Waals surface area (Å²) in [6, 6.07) is 2.46. The van der Waals surface area contributed by atoms with Gasteiger partial charge in [0.15, 0.2) is 0 Å². The molecule has 0 fully saturated rings. The smallest absolute Gasteiger partial charge is 0.326 e. The summed E-state index contributed by atoms with van der Waals surface area (Å²) in [6.07, 6.45) is -0.911. The topological polar surface area (TPSA) is 371 Å². The van der Waals surface area contributed by atoms with Gasteiger partial charge in [0.25, 0.3) is 5.91 Å². The molecule has 0 radical (unpaired) electrons. The molecule has 0 saturated heterocycles. The molecule has 1 aromatic carbocycles. The van der Waals surface area contributed by atoms with E-state index < -0.39 is 106 Å². The minimum atomic E-state index is -4.03. The second-order valence-corrected chi connectivity index (χ2v) is 17.4. The summed E-state index contributed by atoms with van der Waals surface area (Å²) in [5.74, 6) is -7.98. The molecule has 3 unspecified atom stereocenters. The van der Waals surface area contributed by atoms with Crippen molar-refractivity contribution in [3.05, 3.63) is 29.8 Å². The first-order chi connectivity index (χ1) is 29.5. The van der Waals surface area contributed by atoms with Gasteiger partial charge in [-0.05, 0) is 68.2 Å². The number of carbonyl (C=O) groups excluding carboxylic acids is 7. The predicted molar refractivity (Wildman–Crippen MR) is 226 cm³/mol. The van der Waals surface area contributed by atoms with E-state index in [-0.39, 0.29) is 71.0 Å². The van der Waals surface area contributed by atoms with Crippen LogP contribution in [0.5, 0.6) is 0 Å². The Kier molecular flexibility index (Phi) is 25.1. The average molecular weight is 915 g/mol. The number of unbranched alkanes of at least 4 members (excludes halogenated alkanes) is 1. The molecule has 354 valence electrons. The molecule has 0 spiro atoms. The molecule has 0 aliphatic rings. The van der Waals surface area contributed by atoms with Gasteiger partial charge in [-0.15, -0.1) is 0 Å². The zero-order chi connectivity index (χ0) is 47.6. The maximum absolute atomic E-state index is 12.5. The van der Waals surface area contributed by atoms with E-state index in [0.717, 1.165) is 0 Å². The first-order valence-electron chi connectivity index (χ1n) is 20.2. The Bertz CT molecular complexity index is 1820. The lowest BCUT2D eigenvalue weighted by atomic mass is 9.92. The first kappa shape index (κ1) is 55.1. The van der Waals surface area contributed by atoms with Crippen LogP contribution in [0.15, 0.2) is 24.3 Å². The molecule has 63 heavy (non-hydrogen) atoms. The quantitative estimate of drug-likeness (QED) is 0.0295. The zero-order valence-corrected chi connectivity index (χ0v) is 36.6. The molecule has 1 aromatic rings. The van der Waals surface area contributed by atoms with Gasteiger partial charge in [0, 0.05) is 50.0 Å². The second kappa shape index (κ2) is 28.7. The summed E-state index contributed by atoms with van der Waals surface area (Å²) in [6.45, 7) is 5.37. The number of hydrogen-bond acceptors (Lipinski definition) is 14. The van der Waals surface area contributed by atoms with Crippen LogP contribution in [0, 0.1) is 5.41 Å². The molecule has 0 aliphatic heterocycles. The van der Waals surface area contributed by atoms with Gasteiger partial charge in [-0.2, -0.15) is 0 Å². The number of anilines is 1. The van der Waals surface area contributed by atoms with E-state index in [1.54, 1.807) is 45.0 Å². The van der Waals surface area contributed by atoms with Crippen molar-refractivity contribution < 1.29 is 71.3 Å². The second-order valence-electron chi connectivity index (χ2n) is 15.6. The highest BCUT2D eigenvalue weighted by atomic mass is 32.2. The van der Waals surface area contributed by atoms with Crippen molar-refractivity contribution in [1.82, 2.24) is 31.3 Å². The number of amides is 7. The van der Waals surface area contributed by atoms with Crippen molar-refractivity contribution in [2.24, 2.45) is 11.1 Å². The Morgan fingerprint density at radius 2 is 1.21 bits per heavy atom. The van der Waals surface area contributed by atoms with Crippen molar-refractivity contribution in [3.63, 3.8) is 0 Å². The summed E-state index contributed by atoms with van der Waals surface area (Å²) in [7, 11) is -4.03. The van der Waals surface area contributed by atoms with Crippen LogP contribution in [0.4, 0.5) is 5.69 Å². The number of nitrogens with two attached hydrogens (primary N) is 2. The van der Waals surface area contributed by atoms with Crippen molar-refractivity contribution in [2.75, 3.05) is 51.0 Å². The van der Waals surface area contributed by atoms with Crippen molar-refractivity contribution in [2.45, 2.75) is 103 Å². The third kappa shape index (κ3) is 26.9. The van der Waals surface area contributed by atoms with E-state index in [9.17, 15) is 61.8 Å². The van der Waals surface area contributed by atoms with Gasteiger partial charge in [-0.3, -0.25) is 38.3 Å². The Hall–Kier alpha value is -5.88. The summed E-state index contributed by atoms with van der Waals surface area (Å²) >= 11 is 0. The minimum absolute atomic E-state index is 0.00243. The zero-order valence-electron chi connectivity index (χ0n) is 35.8. The van der Waals surface area contributed by atoms with Gasteiger partial charge in [-0.25, -0.2) is 18.0 Å². The summed E-state index contributed by atoms with van der Waals surface area (Å²) in [4.78, 5) is 109. The lowest BCUT2D eigenvalue weighted by Gasteiger charge is -2.17. The molecule has 7 amide bonds. The number of hydrogen-bond donors (Lipinski definition) is 10. The standard InChI is InChI=1S/C39H62N8O15S/c1-39(2,3)23-33(51)47-63(59,60)22-6-8-31(49)45-29(38(57)58)14-16-32(50)46-28(37(55)56)13-15-30(48)42-18-19-61-20-21-62-24-34(52)44-27(35(41)53)7-4-5-17-43-36(54)25-9-11-26(40)12-10-25/h9-12,27-29H,4-8,13-24,40H2,1-3H3,(H2,41,53)(H,42,48)(H,43,54)(H,44,52)(H,45,49)(H,46,50)(H,47,51)(H,55,56)(H,57,58). The number of rotatable bonds is 32. The number of aliphatic carboxylic acids is 2. The van der Waals surface area contributed by atoms with E-state index in [2.05, 4.69) is 26.6 Å². The fourth-order valence-electron chi connectivity index (χ4n) is 5.43. The lowest BCUT2D eigenvalue weighted by Crippen LogP contribution is -2.45. The molecule has 0 bridgehead atoms.